The molecule has 0 unspecified atom stereocenters. The Labute approximate surface area is 510 Å². The van der Waals surface area contributed by atoms with Crippen molar-refractivity contribution in [2.75, 3.05) is 9.80 Å². The van der Waals surface area contributed by atoms with Crippen molar-refractivity contribution in [3.05, 3.63) is 300 Å². The Balaban J connectivity index is 0.00000116. The van der Waals surface area contributed by atoms with Crippen LogP contribution in [0.5, 0.6) is 0 Å². The number of benzene rings is 8. The van der Waals surface area contributed by atoms with E-state index < -0.39 is 5.97 Å². The quantitative estimate of drug-likeness (QED) is 0.0636. The van der Waals surface area contributed by atoms with E-state index in [0.29, 0.717) is 34.2 Å². The van der Waals surface area contributed by atoms with E-state index in [0.717, 1.165) is 56.4 Å². The molecule has 0 amide bonds. The molecule has 13 heteroatoms. The number of aromatic nitrogens is 4. The van der Waals surface area contributed by atoms with Crippen molar-refractivity contribution in [1.82, 2.24) is 19.9 Å². The number of carboxylic acid groups (broad SMARTS) is 1. The minimum absolute atomic E-state index is 0. The molecule has 0 fully saturated rings. The number of pyridine rings is 4. The molecule has 8 aromatic carbocycles. The number of hydrogen-bond acceptors (Lipinski definition) is 9. The molecule has 0 saturated heterocycles. The van der Waals surface area contributed by atoms with Gasteiger partial charge in [-0.25, -0.2) is 14.8 Å². The molecule has 404 valence electrons. The molecule has 4 heterocycles. The average Bonchev–Trinajstić information content (AvgIpc) is 3.64. The third kappa shape index (κ3) is 14.0. The number of hydrogen-bond donors (Lipinski definition) is 1. The van der Waals surface area contributed by atoms with Crippen LogP contribution in [0, 0.1) is 0 Å². The van der Waals surface area contributed by atoms with Gasteiger partial charge in [0.2, 0.25) is 0 Å². The number of para-hydroxylation sites is 2. The summed E-state index contributed by atoms with van der Waals surface area (Å²) in [5, 5.41) is 31.4. The summed E-state index contributed by atoms with van der Waals surface area (Å²) in [5.74, 6) is -1.03. The summed E-state index contributed by atoms with van der Waals surface area (Å²) >= 11 is 7.40. The van der Waals surface area contributed by atoms with Crippen LogP contribution in [-0.4, -0.2) is 41.3 Å². The number of fused-ring (bicyclic) bond motifs is 2. The maximum absolute atomic E-state index is 11.9. The van der Waals surface area contributed by atoms with Gasteiger partial charge in [-0.3, -0.25) is 9.97 Å². The second-order valence-electron chi connectivity index (χ2n) is 18.7. The van der Waals surface area contributed by atoms with Crippen molar-refractivity contribution in [2.45, 2.75) is 0 Å². The number of rotatable bonds is 14. The molecule has 1 N–H and O–H groups in total. The van der Waals surface area contributed by atoms with E-state index in [4.69, 9.17) is 25.8 Å². The maximum atomic E-state index is 11.9. The van der Waals surface area contributed by atoms with Gasteiger partial charge in [0, 0.05) is 45.9 Å². The van der Waals surface area contributed by atoms with E-state index in [1.54, 1.807) is 0 Å². The summed E-state index contributed by atoms with van der Waals surface area (Å²) in [5.41, 5.74) is 14.1. The molecule has 84 heavy (non-hydrogen) atoms. The molecule has 12 rings (SSSR count). The summed E-state index contributed by atoms with van der Waals surface area (Å²) in [6.45, 7) is 0. The van der Waals surface area contributed by atoms with Gasteiger partial charge in [-0.05, 0) is 142 Å². The third-order valence-corrected chi connectivity index (χ3v) is 13.5. The van der Waals surface area contributed by atoms with Gasteiger partial charge < -0.3 is 25.7 Å². The number of nitrogens with zero attached hydrogens (tertiary/aromatic N) is 8. The number of thiocarbonyl (C=S) groups is 2. The summed E-state index contributed by atoms with van der Waals surface area (Å²) in [6.07, 6.45) is 11.7. The van der Waals surface area contributed by atoms with Crippen molar-refractivity contribution in [1.29, 1.82) is 0 Å². The molecular weight excluding hydrogens is 1160 g/mol. The van der Waals surface area contributed by atoms with Crippen LogP contribution in [0.4, 0.5) is 34.1 Å². The van der Waals surface area contributed by atoms with Crippen LogP contribution in [0.25, 0.3) is 90.8 Å². The molecular formula is C71H48N8O2RuS2. The molecule has 4 aromatic heterocycles. The van der Waals surface area contributed by atoms with Crippen molar-refractivity contribution in [3.8, 4) is 34.2 Å². The normalized spacial score (nSPS) is 10.6. The van der Waals surface area contributed by atoms with Crippen LogP contribution in [-0.2, 0) is 19.5 Å². The molecule has 12 aromatic rings. The summed E-state index contributed by atoms with van der Waals surface area (Å²) in [4.78, 5) is 35.9. The van der Waals surface area contributed by atoms with Gasteiger partial charge in [-0.1, -0.05) is 188 Å². The Morgan fingerprint density at radius 1 is 0.393 bits per heavy atom. The Bertz CT molecular complexity index is 4360. The van der Waals surface area contributed by atoms with E-state index in [9.17, 15) is 9.90 Å². The molecule has 0 aliphatic heterocycles. The maximum Gasteiger partial charge on any atom is 2.00 e. The second kappa shape index (κ2) is 28.4. The Morgan fingerprint density at radius 3 is 1.27 bits per heavy atom. The molecule has 0 spiro atoms. The fraction of sp³-hybridized carbons (Fsp3) is 0. The fourth-order valence-corrected chi connectivity index (χ4v) is 9.69. The Morgan fingerprint density at radius 2 is 0.762 bits per heavy atom. The minimum atomic E-state index is -1.03. The third-order valence-electron chi connectivity index (χ3n) is 13.5. The number of carboxylic acids is 1. The van der Waals surface area contributed by atoms with Gasteiger partial charge in [0.05, 0.1) is 51.1 Å². The predicted octanol–water partition coefficient (Wildman–Crippen LogP) is 18.9. The van der Waals surface area contributed by atoms with Crippen LogP contribution in [0.3, 0.4) is 0 Å². The smallest absolute Gasteiger partial charge is 0.753 e. The van der Waals surface area contributed by atoms with Gasteiger partial charge in [0.15, 0.2) is 0 Å². The minimum Gasteiger partial charge on any atom is -0.753 e. The molecule has 0 aliphatic rings. The van der Waals surface area contributed by atoms with Gasteiger partial charge in [-0.15, -0.1) is 0 Å². The summed E-state index contributed by atoms with van der Waals surface area (Å²) < 4.78 is 0. The monoisotopic (exact) mass is 1210 g/mol. The fourth-order valence-electron chi connectivity index (χ4n) is 9.69. The average molecular weight is 1210 g/mol. The molecule has 0 saturated carbocycles. The van der Waals surface area contributed by atoms with E-state index in [-0.39, 0.29) is 25.0 Å². The number of aromatic carboxylic acids is 1. The standard InChI is InChI=1S/C69H48N6O2.2CNS.Ru/c76-69(77)54-41-43-71-64(47-54)61-24-13-25-62(72-61)65-45-51(31-29-49-34-38-58(39-35-49)75(56-20-5-2-6-21-56)68-27-12-17-53-15-8-10-23-60(53)68)46-66(73-65)63-44-50(40-42-70-63)30-28-48-32-36-57(37-33-48)74(55-18-3-1-4-19-55)67-26-11-16-52-14-7-9-22-59(52)67;2*2-1-3;/h1-47H,(H,76,77);;;/q;2*-1;+2/b30-28+,31-29+;;;. The zero-order valence-corrected chi connectivity index (χ0v) is 48.1. The Kier molecular flexibility index (Phi) is 19.7. The number of isothiocyanates is 2. The molecule has 0 aliphatic carbocycles. The van der Waals surface area contributed by atoms with Gasteiger partial charge in [0.1, 0.15) is 0 Å². The van der Waals surface area contributed by atoms with Crippen LogP contribution in [0.15, 0.2) is 261 Å². The van der Waals surface area contributed by atoms with Crippen LogP contribution in [0.2, 0.25) is 0 Å². The molecule has 0 bridgehead atoms. The van der Waals surface area contributed by atoms with E-state index in [2.05, 4.69) is 246 Å². The van der Waals surface area contributed by atoms with E-state index >= 15 is 0 Å². The van der Waals surface area contributed by atoms with Gasteiger partial charge in [0.25, 0.3) is 0 Å². The first-order valence-electron chi connectivity index (χ1n) is 26.2. The molecule has 0 radical (unpaired) electrons. The molecule has 10 nitrogen and oxygen atoms in total. The van der Waals surface area contributed by atoms with Crippen molar-refractivity contribution < 1.29 is 29.4 Å². The number of carbonyl (C=O) groups is 1. The predicted molar refractivity (Wildman–Crippen MR) is 348 cm³/mol. The topological polar surface area (TPSA) is 140 Å². The van der Waals surface area contributed by atoms with E-state index in [1.165, 1.54) is 50.2 Å². The number of anilines is 6. The van der Waals surface area contributed by atoms with Gasteiger partial charge in [-0.2, -0.15) is 10.3 Å². The van der Waals surface area contributed by atoms with Gasteiger partial charge >= 0.3 is 25.4 Å². The second-order valence-corrected chi connectivity index (χ2v) is 19.0. The van der Waals surface area contributed by atoms with Crippen molar-refractivity contribution >= 4 is 121 Å². The van der Waals surface area contributed by atoms with Crippen molar-refractivity contribution in [3.63, 3.8) is 0 Å². The van der Waals surface area contributed by atoms with Crippen LogP contribution in [0.1, 0.15) is 32.6 Å². The van der Waals surface area contributed by atoms with Crippen molar-refractivity contribution in [2.24, 2.45) is 0 Å². The summed E-state index contributed by atoms with van der Waals surface area (Å²) in [6, 6.07) is 84.6. The first kappa shape index (κ1) is 58.3. The molecule has 0 atom stereocenters. The SMILES string of the molecule is O=C(O)c1ccnc(-c2cccc(-c3cc(/C=C/c4ccc(N(c5ccccc5)c5cccc6ccccc56)cc4)cc(-c4cc(/C=C/c5ccc(N(c6ccccc6)c6cccc7ccccc67)cc5)ccn4)n3)n2)c1.[N-]=C=S.[N-]=C=S.[Ru+2]. The largest absolute Gasteiger partial charge is 2.00 e. The first-order chi connectivity index (χ1) is 40.8. The van der Waals surface area contributed by atoms with E-state index in [1.807, 2.05) is 60.8 Å². The van der Waals surface area contributed by atoms with Crippen LogP contribution >= 0.6 is 24.4 Å². The zero-order valence-electron chi connectivity index (χ0n) is 44.7. The summed E-state index contributed by atoms with van der Waals surface area (Å²) in [7, 11) is 0. The zero-order chi connectivity index (χ0) is 57.3. The first-order valence-corrected chi connectivity index (χ1v) is 27.0. The van der Waals surface area contributed by atoms with Crippen LogP contribution < -0.4 is 9.80 Å². The Hall–Kier alpha value is -10.3.